The van der Waals surface area contributed by atoms with Crippen molar-refractivity contribution >= 4 is 39.9 Å². The number of aliphatic imine (C=N–C) groups is 1. The van der Waals surface area contributed by atoms with Crippen LogP contribution in [-0.2, 0) is 4.79 Å². The molecule has 5 rings (SSSR count). The fourth-order valence-electron chi connectivity index (χ4n) is 3.77. The number of benzene rings is 2. The van der Waals surface area contributed by atoms with E-state index >= 15 is 0 Å². The van der Waals surface area contributed by atoms with Crippen molar-refractivity contribution in [3.63, 3.8) is 0 Å². The molecule has 1 unspecified atom stereocenters. The zero-order valence-corrected chi connectivity index (χ0v) is 18.2. The van der Waals surface area contributed by atoms with E-state index < -0.39 is 6.04 Å². The minimum Gasteiger partial charge on any atom is -0.343 e. The minimum absolute atomic E-state index is 0.312. The number of anilines is 1. The van der Waals surface area contributed by atoms with Crippen molar-refractivity contribution in [2.75, 3.05) is 5.32 Å². The lowest BCUT2D eigenvalue weighted by Crippen LogP contribution is -2.34. The van der Waals surface area contributed by atoms with Gasteiger partial charge in [0.15, 0.2) is 0 Å². The molecule has 1 amide bonds. The van der Waals surface area contributed by atoms with Gasteiger partial charge >= 0.3 is 0 Å². The average molecular weight is 461 g/mol. The Morgan fingerprint density at radius 1 is 1.12 bits per heavy atom. The lowest BCUT2D eigenvalue weighted by molar-refractivity contribution is -0.113. The summed E-state index contributed by atoms with van der Waals surface area (Å²) >= 11 is 6.06. The number of nitrogens with zero attached hydrogens (tertiary/aromatic N) is 3. The molecule has 4 aromatic rings. The molecule has 0 aliphatic carbocycles. The third-order valence-corrected chi connectivity index (χ3v) is 5.58. The van der Waals surface area contributed by atoms with E-state index in [2.05, 4.69) is 25.8 Å². The summed E-state index contributed by atoms with van der Waals surface area (Å²) in [5.41, 5.74) is 3.97. The number of amidine groups is 1. The van der Waals surface area contributed by atoms with Gasteiger partial charge in [-0.25, -0.2) is 9.37 Å². The Hall–Kier alpha value is -4.04. The molecule has 9 heteroatoms. The number of fused-ring (bicyclic) bond motifs is 1. The standard InChI is InChI=1S/C24H18ClFN6O/c1-13-21(24(33)30-18-6-7-19-16(10-18)12-28-32-19)22(14-2-4-17(26)5-3-14)31-23(29-13)15-8-9-27-20(25)11-15/h2-12,22H,1H3,(H,28,32)(H,29,31)(H,30,33). The van der Waals surface area contributed by atoms with Crippen LogP contribution < -0.4 is 10.6 Å². The predicted octanol–water partition coefficient (Wildman–Crippen LogP) is 4.75. The first kappa shape index (κ1) is 20.8. The maximum Gasteiger partial charge on any atom is 0.255 e. The van der Waals surface area contributed by atoms with Crippen LogP contribution in [0.15, 0.2) is 83.3 Å². The summed E-state index contributed by atoms with van der Waals surface area (Å²) in [5, 5.41) is 14.3. The van der Waals surface area contributed by atoms with Crippen LogP contribution in [0.1, 0.15) is 24.1 Å². The quantitative estimate of drug-likeness (QED) is 0.383. The maximum absolute atomic E-state index is 13.6. The van der Waals surface area contributed by atoms with Gasteiger partial charge in [-0.2, -0.15) is 5.10 Å². The van der Waals surface area contributed by atoms with Crippen LogP contribution in [0, 0.1) is 5.82 Å². The summed E-state index contributed by atoms with van der Waals surface area (Å²) in [7, 11) is 0. The maximum atomic E-state index is 13.6. The molecule has 1 aliphatic rings. The molecule has 7 nitrogen and oxygen atoms in total. The number of hydrogen-bond donors (Lipinski definition) is 3. The number of pyridine rings is 1. The van der Waals surface area contributed by atoms with Gasteiger partial charge in [0.2, 0.25) is 0 Å². The van der Waals surface area contributed by atoms with Crippen molar-refractivity contribution in [2.24, 2.45) is 4.99 Å². The second kappa shape index (κ2) is 8.48. The first-order chi connectivity index (χ1) is 16.0. The lowest BCUT2D eigenvalue weighted by atomic mass is 9.94. The smallest absolute Gasteiger partial charge is 0.255 e. The SMILES string of the molecule is CC1=C(C(=O)Nc2ccc3[nH]ncc3c2)C(c2ccc(F)cc2)N=C(c2ccnc(Cl)c2)N1. The molecular formula is C24H18ClFN6O. The lowest BCUT2D eigenvalue weighted by Gasteiger charge is -2.27. The number of carbonyl (C=O) groups excluding carboxylic acids is 1. The van der Waals surface area contributed by atoms with Crippen LogP contribution in [0.5, 0.6) is 0 Å². The molecule has 2 aromatic carbocycles. The van der Waals surface area contributed by atoms with Crippen LogP contribution in [0.25, 0.3) is 10.9 Å². The number of amides is 1. The Morgan fingerprint density at radius 3 is 2.73 bits per heavy atom. The van der Waals surface area contributed by atoms with Crippen LogP contribution in [-0.4, -0.2) is 26.9 Å². The number of hydrogen-bond acceptors (Lipinski definition) is 5. The highest BCUT2D eigenvalue weighted by atomic mass is 35.5. The van der Waals surface area contributed by atoms with E-state index in [-0.39, 0.29) is 11.7 Å². The van der Waals surface area contributed by atoms with E-state index in [1.165, 1.54) is 12.1 Å². The Morgan fingerprint density at radius 2 is 1.94 bits per heavy atom. The van der Waals surface area contributed by atoms with Crippen LogP contribution in [0.2, 0.25) is 5.15 Å². The molecule has 0 bridgehead atoms. The third kappa shape index (κ3) is 4.20. The monoisotopic (exact) mass is 460 g/mol. The van der Waals surface area contributed by atoms with Crippen LogP contribution >= 0.6 is 11.6 Å². The fraction of sp³-hybridized carbons (Fsp3) is 0.0833. The normalized spacial score (nSPS) is 15.8. The van der Waals surface area contributed by atoms with E-state index in [1.54, 1.807) is 42.7 Å². The summed E-state index contributed by atoms with van der Waals surface area (Å²) in [4.78, 5) is 22.2. The summed E-state index contributed by atoms with van der Waals surface area (Å²) in [6, 6.07) is 14.3. The summed E-state index contributed by atoms with van der Waals surface area (Å²) < 4.78 is 13.6. The van der Waals surface area contributed by atoms with Gasteiger partial charge in [-0.3, -0.25) is 14.9 Å². The highest BCUT2D eigenvalue weighted by molar-refractivity contribution is 6.29. The van der Waals surface area contributed by atoms with Crippen LogP contribution in [0.4, 0.5) is 10.1 Å². The molecule has 0 radical (unpaired) electrons. The zero-order valence-electron chi connectivity index (χ0n) is 17.4. The second-order valence-corrected chi connectivity index (χ2v) is 7.98. The van der Waals surface area contributed by atoms with E-state index in [1.807, 2.05) is 19.1 Å². The zero-order chi connectivity index (χ0) is 22.9. The Balaban J connectivity index is 1.53. The minimum atomic E-state index is -0.647. The van der Waals surface area contributed by atoms with Crippen molar-refractivity contribution in [3.05, 3.63) is 100 Å². The van der Waals surface area contributed by atoms with Gasteiger partial charge in [0.1, 0.15) is 22.8 Å². The largest absolute Gasteiger partial charge is 0.343 e. The number of carbonyl (C=O) groups is 1. The van der Waals surface area contributed by atoms with Crippen molar-refractivity contribution in [1.29, 1.82) is 0 Å². The van der Waals surface area contributed by atoms with Crippen molar-refractivity contribution in [2.45, 2.75) is 13.0 Å². The Bertz CT molecular complexity index is 1430. The average Bonchev–Trinajstić information content (AvgIpc) is 3.27. The second-order valence-electron chi connectivity index (χ2n) is 7.59. The number of halogens is 2. The summed E-state index contributed by atoms with van der Waals surface area (Å²) in [5.74, 6) is -0.131. The molecule has 0 saturated heterocycles. The van der Waals surface area contributed by atoms with Gasteiger partial charge in [0.05, 0.1) is 17.3 Å². The number of H-pyrrole nitrogens is 1. The topological polar surface area (TPSA) is 95.1 Å². The van der Waals surface area contributed by atoms with E-state index in [4.69, 9.17) is 16.6 Å². The number of aromatic amines is 1. The highest BCUT2D eigenvalue weighted by Crippen LogP contribution is 2.33. The highest BCUT2D eigenvalue weighted by Gasteiger charge is 2.30. The number of aromatic nitrogens is 3. The van der Waals surface area contributed by atoms with Gasteiger partial charge in [0, 0.05) is 28.5 Å². The summed E-state index contributed by atoms with van der Waals surface area (Å²) in [6.07, 6.45) is 3.28. The number of nitrogens with one attached hydrogen (secondary N) is 3. The van der Waals surface area contributed by atoms with Crippen molar-refractivity contribution < 1.29 is 9.18 Å². The third-order valence-electron chi connectivity index (χ3n) is 5.37. The number of rotatable bonds is 4. The van der Waals surface area contributed by atoms with Crippen LogP contribution in [0.3, 0.4) is 0 Å². The van der Waals surface area contributed by atoms with Crippen molar-refractivity contribution in [3.8, 4) is 0 Å². The molecule has 3 heterocycles. The summed E-state index contributed by atoms with van der Waals surface area (Å²) in [6.45, 7) is 1.81. The first-order valence-corrected chi connectivity index (χ1v) is 10.5. The molecule has 3 N–H and O–H groups in total. The van der Waals surface area contributed by atoms with E-state index in [0.29, 0.717) is 33.5 Å². The molecule has 2 aromatic heterocycles. The Kier molecular flexibility index (Phi) is 5.35. The molecule has 164 valence electrons. The predicted molar refractivity (Wildman–Crippen MR) is 125 cm³/mol. The van der Waals surface area contributed by atoms with Gasteiger partial charge < -0.3 is 10.6 Å². The molecule has 1 atom stereocenters. The molecule has 33 heavy (non-hydrogen) atoms. The first-order valence-electron chi connectivity index (χ1n) is 10.2. The van der Waals surface area contributed by atoms with Gasteiger partial charge in [-0.1, -0.05) is 23.7 Å². The number of allylic oxidation sites excluding steroid dienone is 1. The fourth-order valence-corrected chi connectivity index (χ4v) is 3.95. The van der Waals surface area contributed by atoms with E-state index in [0.717, 1.165) is 16.5 Å². The van der Waals surface area contributed by atoms with E-state index in [9.17, 15) is 9.18 Å². The Labute approximate surface area is 193 Å². The van der Waals surface area contributed by atoms with Gasteiger partial charge in [-0.05, 0) is 55.0 Å². The van der Waals surface area contributed by atoms with Gasteiger partial charge in [-0.15, -0.1) is 0 Å². The van der Waals surface area contributed by atoms with Gasteiger partial charge in [0.25, 0.3) is 5.91 Å². The van der Waals surface area contributed by atoms with Crippen molar-refractivity contribution in [1.82, 2.24) is 20.5 Å². The molecular weight excluding hydrogens is 443 g/mol. The molecule has 0 saturated carbocycles. The molecule has 0 spiro atoms. The molecule has 0 fully saturated rings. The molecule has 1 aliphatic heterocycles.